The van der Waals surface area contributed by atoms with Gasteiger partial charge in [0.15, 0.2) is 11.6 Å². The molecule has 1 aromatic heterocycles. The van der Waals surface area contributed by atoms with Gasteiger partial charge in [0.05, 0.1) is 0 Å². The van der Waals surface area contributed by atoms with E-state index in [1.54, 1.807) is 18.2 Å². The quantitative estimate of drug-likeness (QED) is 0.768. The van der Waals surface area contributed by atoms with Gasteiger partial charge in [0.1, 0.15) is 0 Å². The van der Waals surface area contributed by atoms with Crippen LogP contribution in [0.25, 0.3) is 0 Å². The molecule has 1 atom stereocenters. The highest BCUT2D eigenvalue weighted by Gasteiger charge is 2.31. The first-order valence-corrected chi connectivity index (χ1v) is 5.21. The zero-order valence-corrected chi connectivity index (χ0v) is 9.18. The normalized spacial score (nSPS) is 20.2. The Hall–Kier alpha value is -1.84. The van der Waals surface area contributed by atoms with Crippen LogP contribution in [-0.4, -0.2) is 22.5 Å². The summed E-state index contributed by atoms with van der Waals surface area (Å²) in [6, 6.07) is 3.27. The lowest BCUT2D eigenvalue weighted by Gasteiger charge is -2.16. The predicted octanol–water partition coefficient (Wildman–Crippen LogP) is 1.63. The Balaban J connectivity index is 2.34. The second kappa shape index (κ2) is 3.96. The molecule has 1 aliphatic rings. The molecule has 84 valence electrons. The van der Waals surface area contributed by atoms with E-state index in [0.717, 1.165) is 5.69 Å². The number of hydrogen-bond donors (Lipinski definition) is 1. The number of carbonyl (C=O) groups is 1. The molecule has 0 bridgehead atoms. The van der Waals surface area contributed by atoms with Crippen molar-refractivity contribution in [2.45, 2.75) is 13.3 Å². The Labute approximate surface area is 94.2 Å². The van der Waals surface area contributed by atoms with Crippen molar-refractivity contribution in [1.82, 2.24) is 4.98 Å². The van der Waals surface area contributed by atoms with Gasteiger partial charge in [-0.15, -0.1) is 6.58 Å². The van der Waals surface area contributed by atoms with Crippen molar-refractivity contribution >= 4 is 11.7 Å². The van der Waals surface area contributed by atoms with Crippen LogP contribution in [0.3, 0.4) is 0 Å². The SMILES string of the molecule is C=CC1CC(=O)N(c2nc(C)ccc2O)C1. The van der Waals surface area contributed by atoms with E-state index in [4.69, 9.17) is 0 Å². The largest absolute Gasteiger partial charge is 0.504 e. The third kappa shape index (κ3) is 1.78. The molecule has 0 aromatic carbocycles. The van der Waals surface area contributed by atoms with Crippen LogP contribution in [0.1, 0.15) is 12.1 Å². The minimum absolute atomic E-state index is 0.0155. The molecule has 1 saturated heterocycles. The first-order valence-electron chi connectivity index (χ1n) is 5.21. The molecule has 1 aromatic rings. The summed E-state index contributed by atoms with van der Waals surface area (Å²) in [6.07, 6.45) is 2.21. The molecule has 2 rings (SSSR count). The molecule has 0 aliphatic carbocycles. The van der Waals surface area contributed by atoms with Gasteiger partial charge in [-0.05, 0) is 19.1 Å². The van der Waals surface area contributed by atoms with E-state index in [1.165, 1.54) is 4.90 Å². The van der Waals surface area contributed by atoms with Gasteiger partial charge in [-0.25, -0.2) is 4.98 Å². The van der Waals surface area contributed by atoms with Crippen molar-refractivity contribution < 1.29 is 9.90 Å². The van der Waals surface area contributed by atoms with Crippen LogP contribution < -0.4 is 4.90 Å². The molecule has 0 spiro atoms. The van der Waals surface area contributed by atoms with Crippen LogP contribution in [0.2, 0.25) is 0 Å². The third-order valence-electron chi connectivity index (χ3n) is 2.74. The zero-order chi connectivity index (χ0) is 11.7. The summed E-state index contributed by atoms with van der Waals surface area (Å²) in [6.45, 7) is 6.06. The van der Waals surface area contributed by atoms with Gasteiger partial charge in [0.2, 0.25) is 5.91 Å². The lowest BCUT2D eigenvalue weighted by Crippen LogP contribution is -2.25. The lowest BCUT2D eigenvalue weighted by molar-refractivity contribution is -0.117. The maximum absolute atomic E-state index is 11.7. The van der Waals surface area contributed by atoms with Crippen LogP contribution in [0.5, 0.6) is 5.75 Å². The van der Waals surface area contributed by atoms with E-state index in [0.29, 0.717) is 18.8 Å². The highest BCUT2D eigenvalue weighted by Crippen LogP contribution is 2.30. The van der Waals surface area contributed by atoms with Crippen LogP contribution in [0, 0.1) is 12.8 Å². The Morgan fingerprint density at radius 3 is 3.00 bits per heavy atom. The molecule has 4 heteroatoms. The highest BCUT2D eigenvalue weighted by molar-refractivity contribution is 5.96. The number of nitrogens with zero attached hydrogens (tertiary/aromatic N) is 2. The summed E-state index contributed by atoms with van der Waals surface area (Å²) in [7, 11) is 0. The van der Waals surface area contributed by atoms with Gasteiger partial charge in [0, 0.05) is 24.6 Å². The molecule has 0 radical (unpaired) electrons. The van der Waals surface area contributed by atoms with E-state index in [-0.39, 0.29) is 17.6 Å². The number of pyridine rings is 1. The zero-order valence-electron chi connectivity index (χ0n) is 9.18. The smallest absolute Gasteiger partial charge is 0.228 e. The lowest BCUT2D eigenvalue weighted by atomic mass is 10.1. The Morgan fingerprint density at radius 2 is 2.38 bits per heavy atom. The molecule has 1 fully saturated rings. The summed E-state index contributed by atoms with van der Waals surface area (Å²) in [5.41, 5.74) is 0.780. The maximum atomic E-state index is 11.7. The fourth-order valence-electron chi connectivity index (χ4n) is 1.83. The number of rotatable bonds is 2. The number of anilines is 1. The number of aromatic hydroxyl groups is 1. The molecular formula is C12H14N2O2. The van der Waals surface area contributed by atoms with Crippen molar-refractivity contribution in [3.05, 3.63) is 30.5 Å². The number of aryl methyl sites for hydroxylation is 1. The number of amides is 1. The molecule has 1 amide bonds. The Morgan fingerprint density at radius 1 is 1.62 bits per heavy atom. The van der Waals surface area contributed by atoms with E-state index < -0.39 is 0 Å². The molecular weight excluding hydrogens is 204 g/mol. The number of hydrogen-bond acceptors (Lipinski definition) is 3. The Kier molecular flexibility index (Phi) is 2.64. The standard InChI is InChI=1S/C12H14N2O2/c1-3-9-6-11(16)14(7-9)12-10(15)5-4-8(2)13-12/h3-5,9,15H,1,6-7H2,2H3. The van der Waals surface area contributed by atoms with Gasteiger partial charge in [0.25, 0.3) is 0 Å². The van der Waals surface area contributed by atoms with Crippen LogP contribution in [0.4, 0.5) is 5.82 Å². The Bertz CT molecular complexity index is 443. The van der Waals surface area contributed by atoms with E-state index in [9.17, 15) is 9.90 Å². The summed E-state index contributed by atoms with van der Waals surface area (Å²) >= 11 is 0. The number of aromatic nitrogens is 1. The predicted molar refractivity (Wildman–Crippen MR) is 61.3 cm³/mol. The minimum Gasteiger partial charge on any atom is -0.504 e. The maximum Gasteiger partial charge on any atom is 0.228 e. The van der Waals surface area contributed by atoms with Crippen molar-refractivity contribution in [2.24, 2.45) is 5.92 Å². The molecule has 4 nitrogen and oxygen atoms in total. The highest BCUT2D eigenvalue weighted by atomic mass is 16.3. The topological polar surface area (TPSA) is 53.4 Å². The molecule has 1 N–H and O–H groups in total. The minimum atomic E-state index is -0.0155. The van der Waals surface area contributed by atoms with Gasteiger partial charge in [-0.2, -0.15) is 0 Å². The summed E-state index contributed by atoms with van der Waals surface area (Å²) < 4.78 is 0. The monoisotopic (exact) mass is 218 g/mol. The second-order valence-electron chi connectivity index (χ2n) is 4.00. The fourth-order valence-corrected chi connectivity index (χ4v) is 1.83. The van der Waals surface area contributed by atoms with Gasteiger partial charge >= 0.3 is 0 Å². The summed E-state index contributed by atoms with van der Waals surface area (Å²) in [5, 5.41) is 9.69. The van der Waals surface area contributed by atoms with Gasteiger partial charge < -0.3 is 5.11 Å². The summed E-state index contributed by atoms with van der Waals surface area (Å²) in [4.78, 5) is 17.5. The molecule has 1 unspecified atom stereocenters. The van der Waals surface area contributed by atoms with Crippen LogP contribution >= 0.6 is 0 Å². The van der Waals surface area contributed by atoms with Crippen molar-refractivity contribution in [3.63, 3.8) is 0 Å². The van der Waals surface area contributed by atoms with Gasteiger partial charge in [-0.3, -0.25) is 9.69 Å². The average Bonchev–Trinajstić information content (AvgIpc) is 2.63. The number of carbonyl (C=O) groups excluding carboxylic acids is 1. The molecule has 2 heterocycles. The molecule has 0 saturated carbocycles. The first-order chi connectivity index (χ1) is 7.61. The van der Waals surface area contributed by atoms with E-state index in [2.05, 4.69) is 11.6 Å². The van der Waals surface area contributed by atoms with Crippen LogP contribution in [0.15, 0.2) is 24.8 Å². The summed E-state index contributed by atoms with van der Waals surface area (Å²) in [5.74, 6) is 0.533. The van der Waals surface area contributed by atoms with Crippen LogP contribution in [-0.2, 0) is 4.79 Å². The average molecular weight is 218 g/mol. The second-order valence-corrected chi connectivity index (χ2v) is 4.00. The van der Waals surface area contributed by atoms with E-state index >= 15 is 0 Å². The fraction of sp³-hybridized carbons (Fsp3) is 0.333. The van der Waals surface area contributed by atoms with Gasteiger partial charge in [-0.1, -0.05) is 6.08 Å². The van der Waals surface area contributed by atoms with Crippen molar-refractivity contribution in [2.75, 3.05) is 11.4 Å². The van der Waals surface area contributed by atoms with Crippen molar-refractivity contribution in [1.29, 1.82) is 0 Å². The first kappa shape index (κ1) is 10.7. The van der Waals surface area contributed by atoms with Crippen molar-refractivity contribution in [3.8, 4) is 5.75 Å². The molecule has 16 heavy (non-hydrogen) atoms. The van der Waals surface area contributed by atoms with E-state index in [1.807, 2.05) is 6.92 Å². The third-order valence-corrected chi connectivity index (χ3v) is 2.74. The molecule has 1 aliphatic heterocycles.